The summed E-state index contributed by atoms with van der Waals surface area (Å²) in [4.78, 5) is 25.8. The molecular formula is C12H20N2O3. The highest BCUT2D eigenvalue weighted by Gasteiger charge is 2.25. The summed E-state index contributed by atoms with van der Waals surface area (Å²) in [7, 11) is 0. The van der Waals surface area contributed by atoms with Crippen LogP contribution in [0.4, 0.5) is 4.79 Å². The molecule has 1 saturated heterocycles. The van der Waals surface area contributed by atoms with Gasteiger partial charge >= 0.3 is 12.0 Å². The number of likely N-dealkylation sites (tertiary alicyclic amines) is 1. The molecule has 0 bridgehead atoms. The van der Waals surface area contributed by atoms with E-state index in [1.807, 2.05) is 0 Å². The fourth-order valence-corrected chi connectivity index (χ4v) is 1.93. The number of amides is 2. The van der Waals surface area contributed by atoms with E-state index in [2.05, 4.69) is 13.5 Å². The topological polar surface area (TPSA) is 60.9 Å². The van der Waals surface area contributed by atoms with Gasteiger partial charge in [0.25, 0.3) is 0 Å². The SMILES string of the molecule is C=CCN(CC(=O)O)C(=O)N1CCC(C)CC1. The van der Waals surface area contributed by atoms with Crippen LogP contribution in [-0.2, 0) is 4.79 Å². The molecule has 0 spiro atoms. The molecule has 1 N–H and O–H groups in total. The van der Waals surface area contributed by atoms with Gasteiger partial charge < -0.3 is 14.9 Å². The van der Waals surface area contributed by atoms with Gasteiger partial charge in [0.15, 0.2) is 0 Å². The molecule has 0 aromatic carbocycles. The molecule has 1 heterocycles. The van der Waals surface area contributed by atoms with Crippen molar-refractivity contribution in [2.24, 2.45) is 5.92 Å². The Morgan fingerprint density at radius 1 is 1.47 bits per heavy atom. The third-order valence-electron chi connectivity index (χ3n) is 3.00. The number of rotatable bonds is 4. The molecule has 5 heteroatoms. The summed E-state index contributed by atoms with van der Waals surface area (Å²) in [6, 6.07) is -0.195. The highest BCUT2D eigenvalue weighted by molar-refractivity contribution is 5.80. The molecule has 96 valence electrons. The molecular weight excluding hydrogens is 220 g/mol. The summed E-state index contributed by atoms with van der Waals surface area (Å²) in [6.45, 7) is 7.15. The zero-order valence-corrected chi connectivity index (χ0v) is 10.3. The average molecular weight is 240 g/mol. The number of aliphatic carboxylic acids is 1. The normalized spacial score (nSPS) is 16.6. The van der Waals surface area contributed by atoms with E-state index in [9.17, 15) is 9.59 Å². The maximum absolute atomic E-state index is 12.1. The van der Waals surface area contributed by atoms with Crippen LogP contribution in [-0.4, -0.2) is 53.1 Å². The molecule has 2 amide bonds. The van der Waals surface area contributed by atoms with Gasteiger partial charge in [0.05, 0.1) is 0 Å². The minimum absolute atomic E-state index is 0.195. The molecule has 0 atom stereocenters. The van der Waals surface area contributed by atoms with E-state index in [-0.39, 0.29) is 19.1 Å². The second-order valence-corrected chi connectivity index (χ2v) is 4.52. The predicted octanol–water partition coefficient (Wildman–Crippen LogP) is 1.41. The van der Waals surface area contributed by atoms with E-state index in [4.69, 9.17) is 5.11 Å². The van der Waals surface area contributed by atoms with Crippen molar-refractivity contribution >= 4 is 12.0 Å². The van der Waals surface area contributed by atoms with Crippen molar-refractivity contribution < 1.29 is 14.7 Å². The number of piperidine rings is 1. The molecule has 1 aliphatic heterocycles. The molecule has 5 nitrogen and oxygen atoms in total. The predicted molar refractivity (Wildman–Crippen MR) is 64.8 cm³/mol. The van der Waals surface area contributed by atoms with Crippen molar-refractivity contribution in [3.8, 4) is 0 Å². The summed E-state index contributed by atoms with van der Waals surface area (Å²) in [5.41, 5.74) is 0. The van der Waals surface area contributed by atoms with Gasteiger partial charge in [-0.3, -0.25) is 4.79 Å². The summed E-state index contributed by atoms with van der Waals surface area (Å²) in [5, 5.41) is 8.75. The van der Waals surface area contributed by atoms with Crippen LogP contribution in [0.5, 0.6) is 0 Å². The lowest BCUT2D eigenvalue weighted by Crippen LogP contribution is -2.48. The van der Waals surface area contributed by atoms with Crippen molar-refractivity contribution in [3.05, 3.63) is 12.7 Å². The highest BCUT2D eigenvalue weighted by atomic mass is 16.4. The van der Waals surface area contributed by atoms with Gasteiger partial charge in [0.2, 0.25) is 0 Å². The van der Waals surface area contributed by atoms with Crippen LogP contribution >= 0.6 is 0 Å². The first-order valence-electron chi connectivity index (χ1n) is 5.91. The van der Waals surface area contributed by atoms with Gasteiger partial charge in [-0.05, 0) is 18.8 Å². The van der Waals surface area contributed by atoms with Gasteiger partial charge in [0.1, 0.15) is 6.54 Å². The first-order chi connectivity index (χ1) is 8.04. The lowest BCUT2D eigenvalue weighted by atomic mass is 9.99. The van der Waals surface area contributed by atoms with Crippen LogP contribution < -0.4 is 0 Å². The number of hydrogen-bond donors (Lipinski definition) is 1. The van der Waals surface area contributed by atoms with E-state index in [1.165, 1.54) is 4.90 Å². The monoisotopic (exact) mass is 240 g/mol. The minimum Gasteiger partial charge on any atom is -0.480 e. The van der Waals surface area contributed by atoms with E-state index in [0.717, 1.165) is 12.8 Å². The lowest BCUT2D eigenvalue weighted by molar-refractivity contribution is -0.137. The molecule has 1 rings (SSSR count). The molecule has 0 aromatic heterocycles. The summed E-state index contributed by atoms with van der Waals surface area (Å²) < 4.78 is 0. The Labute approximate surface area is 102 Å². The van der Waals surface area contributed by atoms with Gasteiger partial charge in [-0.25, -0.2) is 4.79 Å². The third kappa shape index (κ3) is 4.09. The second-order valence-electron chi connectivity index (χ2n) is 4.52. The fourth-order valence-electron chi connectivity index (χ4n) is 1.93. The Bertz CT molecular complexity index is 296. The number of carboxylic acid groups (broad SMARTS) is 1. The average Bonchev–Trinajstić information content (AvgIpc) is 2.28. The molecule has 0 saturated carbocycles. The molecule has 1 aliphatic rings. The Hall–Kier alpha value is -1.52. The Kier molecular flexibility index (Phi) is 5.00. The van der Waals surface area contributed by atoms with Crippen LogP contribution in [0.3, 0.4) is 0 Å². The number of carbonyl (C=O) groups is 2. The maximum atomic E-state index is 12.1. The molecule has 0 aliphatic carbocycles. The number of urea groups is 1. The van der Waals surface area contributed by atoms with E-state index < -0.39 is 5.97 Å². The number of hydrogen-bond acceptors (Lipinski definition) is 2. The largest absolute Gasteiger partial charge is 0.480 e. The summed E-state index contributed by atoms with van der Waals surface area (Å²) >= 11 is 0. The minimum atomic E-state index is -0.995. The quantitative estimate of drug-likeness (QED) is 0.756. The van der Waals surface area contributed by atoms with E-state index in [0.29, 0.717) is 19.0 Å². The van der Waals surface area contributed by atoms with Crippen LogP contribution in [0.25, 0.3) is 0 Å². The lowest BCUT2D eigenvalue weighted by Gasteiger charge is -2.34. The second kappa shape index (κ2) is 6.27. The molecule has 0 unspecified atom stereocenters. The number of carboxylic acids is 1. The zero-order valence-electron chi connectivity index (χ0n) is 10.3. The van der Waals surface area contributed by atoms with Gasteiger partial charge in [-0.1, -0.05) is 13.0 Å². The zero-order chi connectivity index (χ0) is 12.8. The van der Waals surface area contributed by atoms with Crippen LogP contribution in [0.1, 0.15) is 19.8 Å². The summed E-state index contributed by atoms with van der Waals surface area (Å²) in [6.07, 6.45) is 3.52. The Balaban J connectivity index is 2.57. The van der Waals surface area contributed by atoms with Crippen molar-refractivity contribution in [2.45, 2.75) is 19.8 Å². The smallest absolute Gasteiger partial charge is 0.323 e. The van der Waals surface area contributed by atoms with Crippen molar-refractivity contribution in [1.82, 2.24) is 9.80 Å². The number of nitrogens with zero attached hydrogens (tertiary/aromatic N) is 2. The standard InChI is InChI=1S/C12H20N2O3/c1-3-6-14(9-11(15)16)12(17)13-7-4-10(2)5-8-13/h3,10H,1,4-9H2,2H3,(H,15,16). The van der Waals surface area contributed by atoms with Crippen molar-refractivity contribution in [2.75, 3.05) is 26.2 Å². The highest BCUT2D eigenvalue weighted by Crippen LogP contribution is 2.17. The summed E-state index contributed by atoms with van der Waals surface area (Å²) in [5.74, 6) is -0.350. The van der Waals surface area contributed by atoms with Crippen LogP contribution in [0.15, 0.2) is 12.7 Å². The molecule has 0 aromatic rings. The van der Waals surface area contributed by atoms with Crippen LogP contribution in [0.2, 0.25) is 0 Å². The number of carbonyl (C=O) groups excluding carboxylic acids is 1. The van der Waals surface area contributed by atoms with Gasteiger partial charge in [0, 0.05) is 19.6 Å². The van der Waals surface area contributed by atoms with Gasteiger partial charge in [-0.2, -0.15) is 0 Å². The van der Waals surface area contributed by atoms with E-state index >= 15 is 0 Å². The first kappa shape index (κ1) is 13.5. The Morgan fingerprint density at radius 2 is 2.06 bits per heavy atom. The first-order valence-corrected chi connectivity index (χ1v) is 5.91. The molecule has 1 fully saturated rings. The molecule has 17 heavy (non-hydrogen) atoms. The third-order valence-corrected chi connectivity index (χ3v) is 3.00. The maximum Gasteiger partial charge on any atom is 0.323 e. The molecule has 0 radical (unpaired) electrons. The van der Waals surface area contributed by atoms with Crippen molar-refractivity contribution in [1.29, 1.82) is 0 Å². The van der Waals surface area contributed by atoms with Crippen LogP contribution in [0, 0.1) is 5.92 Å². The van der Waals surface area contributed by atoms with Gasteiger partial charge in [-0.15, -0.1) is 6.58 Å². The fraction of sp³-hybridized carbons (Fsp3) is 0.667. The Morgan fingerprint density at radius 3 is 2.53 bits per heavy atom. The van der Waals surface area contributed by atoms with Crippen molar-refractivity contribution in [3.63, 3.8) is 0 Å². The van der Waals surface area contributed by atoms with E-state index in [1.54, 1.807) is 11.0 Å².